The van der Waals surface area contributed by atoms with Crippen LogP contribution in [0.5, 0.6) is 0 Å². The molecule has 0 heterocycles. The third-order valence-electron chi connectivity index (χ3n) is 1.31. The number of rotatable bonds is 8. The molecule has 0 saturated carbocycles. The highest BCUT2D eigenvalue weighted by Gasteiger charge is 2.13. The largest absolute Gasteiger partial charge is 0.179 e. The fraction of sp³-hybridized carbons (Fsp3) is 1.00. The smallest absolute Gasteiger partial charge is 0.150 e. The first-order valence-electron chi connectivity index (χ1n) is 3.89. The van der Waals surface area contributed by atoms with Gasteiger partial charge in [-0.15, -0.1) is 12.6 Å². The minimum Gasteiger partial charge on any atom is -0.179 e. The normalized spacial score (nSPS) is 13.2. The van der Waals surface area contributed by atoms with Crippen molar-refractivity contribution < 1.29 is 0 Å². The van der Waals surface area contributed by atoms with Gasteiger partial charge in [-0.05, 0) is 16.6 Å². The summed E-state index contributed by atoms with van der Waals surface area (Å²) in [4.78, 5) is 0. The van der Waals surface area contributed by atoms with E-state index in [1.165, 1.54) is 23.0 Å². The van der Waals surface area contributed by atoms with Crippen molar-refractivity contribution in [2.45, 2.75) is 0 Å². The lowest BCUT2D eigenvalue weighted by Gasteiger charge is -2.03. The quantitative estimate of drug-likeness (QED) is 0.342. The van der Waals surface area contributed by atoms with E-state index in [1.54, 1.807) is 0 Å². The lowest BCUT2D eigenvalue weighted by atomic mass is 10.9. The summed E-state index contributed by atoms with van der Waals surface area (Å²) < 4.78 is 0. The van der Waals surface area contributed by atoms with Gasteiger partial charge < -0.3 is 0 Å². The summed E-state index contributed by atoms with van der Waals surface area (Å²) in [5, 5.41) is 1.03. The summed E-state index contributed by atoms with van der Waals surface area (Å²) in [5.41, 5.74) is 0. The Kier molecular flexibility index (Phi) is 12.4. The van der Waals surface area contributed by atoms with Crippen molar-refractivity contribution in [3.63, 3.8) is 0 Å². The van der Waals surface area contributed by atoms with Crippen LogP contribution in [0.15, 0.2) is 0 Å². The van der Waals surface area contributed by atoms with Crippen molar-refractivity contribution in [2.75, 3.05) is 39.6 Å². The highest BCUT2D eigenvalue weighted by molar-refractivity contribution is 8.08. The highest BCUT2D eigenvalue weighted by Crippen LogP contribution is 2.06. The van der Waals surface area contributed by atoms with Gasteiger partial charge in [-0.3, -0.25) is 0 Å². The van der Waals surface area contributed by atoms with Crippen molar-refractivity contribution in [1.82, 2.24) is 0 Å². The van der Waals surface area contributed by atoms with Crippen molar-refractivity contribution in [2.24, 2.45) is 0 Å². The Bertz CT molecular complexity index is 87.9. The van der Waals surface area contributed by atoms with Crippen LogP contribution in [0.2, 0.25) is 0 Å². The van der Waals surface area contributed by atoms with Gasteiger partial charge in [0.25, 0.3) is 0 Å². The molecule has 1 atom stereocenters. The SMILES string of the molecule is SCCSCC[S+](CS)CCS. The Labute approximate surface area is 99.6 Å². The molecule has 1 unspecified atom stereocenters. The molecule has 0 nitrogen and oxygen atoms in total. The van der Waals surface area contributed by atoms with Crippen molar-refractivity contribution in [3.8, 4) is 0 Å². The van der Waals surface area contributed by atoms with Gasteiger partial charge in [-0.1, -0.05) is 0 Å². The summed E-state index contributed by atoms with van der Waals surface area (Å²) in [6, 6.07) is 0. The molecule has 0 radical (unpaired) electrons. The van der Waals surface area contributed by atoms with Crippen LogP contribution in [0, 0.1) is 0 Å². The predicted molar refractivity (Wildman–Crippen MR) is 76.0 cm³/mol. The van der Waals surface area contributed by atoms with E-state index in [4.69, 9.17) is 0 Å². The van der Waals surface area contributed by atoms with Gasteiger partial charge in [0.1, 0.15) is 11.5 Å². The Hall–Kier alpha value is 1.75. The molecule has 0 aromatic heterocycles. The van der Waals surface area contributed by atoms with E-state index < -0.39 is 0 Å². The van der Waals surface area contributed by atoms with Crippen LogP contribution >= 0.6 is 49.6 Å². The first-order valence-corrected chi connectivity index (χ1v) is 8.68. The maximum absolute atomic E-state index is 4.33. The van der Waals surface area contributed by atoms with Crippen LogP contribution in [0.3, 0.4) is 0 Å². The van der Waals surface area contributed by atoms with Crippen LogP contribution in [0.4, 0.5) is 0 Å². The second kappa shape index (κ2) is 10.8. The molecule has 5 heteroatoms. The number of thioether (sulfide) groups is 1. The molecule has 0 aliphatic carbocycles. The van der Waals surface area contributed by atoms with E-state index in [0.29, 0.717) is 10.9 Å². The van der Waals surface area contributed by atoms with Crippen LogP contribution in [-0.4, -0.2) is 39.6 Å². The number of hydrogen-bond acceptors (Lipinski definition) is 4. The van der Waals surface area contributed by atoms with E-state index >= 15 is 0 Å². The van der Waals surface area contributed by atoms with E-state index in [1.807, 2.05) is 11.8 Å². The molecule has 0 rings (SSSR count). The standard InChI is InChI=1S/C7H16S5/c8-1-3-11-4-6-12(7-10)5-2-9/h1-7H2,(H2-,8,9,10)/p+1. The molecule has 0 aromatic carbocycles. The zero-order chi connectivity index (χ0) is 9.23. The Morgan fingerprint density at radius 1 is 0.917 bits per heavy atom. The Morgan fingerprint density at radius 2 is 1.67 bits per heavy atom. The molecular weight excluding hydrogens is 244 g/mol. The molecule has 12 heavy (non-hydrogen) atoms. The third-order valence-corrected chi connectivity index (χ3v) is 6.63. The van der Waals surface area contributed by atoms with Gasteiger partial charge in [0.15, 0.2) is 5.08 Å². The van der Waals surface area contributed by atoms with Crippen molar-refractivity contribution in [3.05, 3.63) is 0 Å². The number of hydrogen-bond donors (Lipinski definition) is 3. The summed E-state index contributed by atoms with van der Waals surface area (Å²) >= 11 is 14.7. The molecule has 0 N–H and O–H groups in total. The third kappa shape index (κ3) is 8.35. The summed E-state index contributed by atoms with van der Waals surface area (Å²) in [6.45, 7) is 0. The minimum atomic E-state index is 0.507. The molecule has 0 fully saturated rings. The van der Waals surface area contributed by atoms with Gasteiger partial charge in [-0.2, -0.15) is 37.0 Å². The first-order chi connectivity index (χ1) is 5.85. The van der Waals surface area contributed by atoms with Gasteiger partial charge >= 0.3 is 0 Å². The molecule has 0 aliphatic rings. The van der Waals surface area contributed by atoms with E-state index in [2.05, 4.69) is 37.9 Å². The molecule has 0 aromatic rings. The second-order valence-corrected chi connectivity index (χ2v) is 7.40. The summed E-state index contributed by atoms with van der Waals surface area (Å²) in [6.07, 6.45) is 0. The summed E-state index contributed by atoms with van der Waals surface area (Å²) in [7, 11) is 0.507. The topological polar surface area (TPSA) is 0 Å². The predicted octanol–water partition coefficient (Wildman–Crippen LogP) is 2.08. The van der Waals surface area contributed by atoms with Gasteiger partial charge in [0.05, 0.1) is 0 Å². The highest BCUT2D eigenvalue weighted by atomic mass is 32.2. The average Bonchev–Trinajstić information content (AvgIpc) is 2.10. The van der Waals surface area contributed by atoms with Gasteiger partial charge in [0, 0.05) is 17.3 Å². The Morgan fingerprint density at radius 3 is 2.17 bits per heavy atom. The van der Waals surface area contributed by atoms with Gasteiger partial charge in [-0.25, -0.2) is 0 Å². The van der Waals surface area contributed by atoms with Crippen molar-refractivity contribution >= 4 is 60.5 Å². The Balaban J connectivity index is 3.19. The molecule has 0 aliphatic heterocycles. The van der Waals surface area contributed by atoms with E-state index in [-0.39, 0.29) is 0 Å². The van der Waals surface area contributed by atoms with Crippen LogP contribution < -0.4 is 0 Å². The fourth-order valence-electron chi connectivity index (χ4n) is 0.704. The fourth-order valence-corrected chi connectivity index (χ4v) is 5.11. The molecule has 0 spiro atoms. The first kappa shape index (κ1) is 13.8. The summed E-state index contributed by atoms with van der Waals surface area (Å²) in [5.74, 6) is 6.97. The zero-order valence-corrected chi connectivity index (χ0v) is 11.4. The van der Waals surface area contributed by atoms with E-state index in [9.17, 15) is 0 Å². The maximum atomic E-state index is 4.33. The molecule has 0 amide bonds. The van der Waals surface area contributed by atoms with Crippen LogP contribution in [0.1, 0.15) is 0 Å². The second-order valence-electron chi connectivity index (χ2n) is 2.21. The lowest BCUT2D eigenvalue weighted by Crippen LogP contribution is -2.16. The van der Waals surface area contributed by atoms with Crippen molar-refractivity contribution in [1.29, 1.82) is 0 Å². The molecule has 74 valence electrons. The molecule has 0 bridgehead atoms. The van der Waals surface area contributed by atoms with Gasteiger partial charge in [0.2, 0.25) is 0 Å². The van der Waals surface area contributed by atoms with E-state index in [0.717, 1.165) is 16.6 Å². The van der Waals surface area contributed by atoms with Crippen LogP contribution in [0.25, 0.3) is 0 Å². The lowest BCUT2D eigenvalue weighted by molar-refractivity contribution is 1.44. The average molecular weight is 262 g/mol. The minimum absolute atomic E-state index is 0.507. The maximum Gasteiger partial charge on any atom is 0.150 e. The number of thiol groups is 3. The zero-order valence-electron chi connectivity index (χ0n) is 7.11. The molecular formula is C7H17S5+. The van der Waals surface area contributed by atoms with Crippen LogP contribution in [-0.2, 0) is 10.9 Å². The molecule has 0 saturated heterocycles. The monoisotopic (exact) mass is 261 g/mol.